The second-order valence-corrected chi connectivity index (χ2v) is 4.70. The molecule has 4 N–H and O–H groups in total. The first kappa shape index (κ1) is 16.9. The van der Waals surface area contributed by atoms with E-state index in [1.165, 1.54) is 12.1 Å². The highest BCUT2D eigenvalue weighted by Crippen LogP contribution is 2.39. The number of phenolic OH excluding ortho intramolecular Hbond substituents is 2. The Morgan fingerprint density at radius 3 is 1.67 bits per heavy atom. The van der Waals surface area contributed by atoms with Crippen molar-refractivity contribution < 1.29 is 30.0 Å². The monoisotopic (exact) mass is 346 g/mol. The molecule has 0 amide bonds. The van der Waals surface area contributed by atoms with Crippen LogP contribution >= 0.6 is 12.2 Å². The summed E-state index contributed by atoms with van der Waals surface area (Å²) in [6.45, 7) is 0. The molecule has 8 nitrogen and oxygen atoms in total. The minimum Gasteiger partial charge on any atom is -0.506 e. The van der Waals surface area contributed by atoms with Gasteiger partial charge in [-0.3, -0.25) is 0 Å². The fraction of sp³-hybridized carbons (Fsp3) is 0. The van der Waals surface area contributed by atoms with Crippen LogP contribution < -0.4 is 5.01 Å². The minimum atomic E-state index is -1.24. The smallest absolute Gasteiger partial charge is 0.335 e. The molecule has 0 aromatic heterocycles. The molecule has 0 spiro atoms. The van der Waals surface area contributed by atoms with Crippen molar-refractivity contribution in [2.24, 2.45) is 5.10 Å². The van der Waals surface area contributed by atoms with Crippen LogP contribution in [0, 0.1) is 0 Å². The summed E-state index contributed by atoms with van der Waals surface area (Å²) in [5, 5.41) is 44.7. The van der Waals surface area contributed by atoms with Crippen LogP contribution in [0.3, 0.4) is 0 Å². The average molecular weight is 346 g/mol. The van der Waals surface area contributed by atoms with Crippen LogP contribution in [0.15, 0.2) is 41.5 Å². The first-order valence-corrected chi connectivity index (χ1v) is 6.76. The van der Waals surface area contributed by atoms with E-state index in [0.29, 0.717) is 0 Å². The lowest BCUT2D eigenvalue weighted by Gasteiger charge is -2.20. The lowest BCUT2D eigenvalue weighted by Crippen LogP contribution is -2.11. The molecule has 2 rings (SSSR count). The third kappa shape index (κ3) is 3.32. The number of hydrogen-bond donors (Lipinski definition) is 4. The summed E-state index contributed by atoms with van der Waals surface area (Å²) in [4.78, 5) is 22.2. The van der Waals surface area contributed by atoms with E-state index >= 15 is 0 Å². The summed E-state index contributed by atoms with van der Waals surface area (Å²) >= 11 is 4.53. The Kier molecular flexibility index (Phi) is 4.78. The zero-order chi connectivity index (χ0) is 17.9. The minimum absolute atomic E-state index is 0.120. The molecule has 0 atom stereocenters. The van der Waals surface area contributed by atoms with Gasteiger partial charge in [0, 0.05) is 0 Å². The molecule has 9 heteroatoms. The lowest BCUT2D eigenvalue weighted by atomic mass is 10.1. The summed E-state index contributed by atoms with van der Waals surface area (Å²) in [5.41, 5.74) is -0.544. The Balaban J connectivity index is 2.70. The standard InChI is InChI=1S/C15H10N2O6S/c18-12-3-1-8(14(20)21)5-10(12)17(16-7-24)11-6-9(15(22)23)2-4-13(11)19/h1-6,18-19H,(H,20,21)(H,22,23). The maximum Gasteiger partial charge on any atom is 0.335 e. The molecule has 122 valence electrons. The topological polar surface area (TPSA) is 131 Å². The Bertz CT molecular complexity index is 813. The van der Waals surface area contributed by atoms with E-state index in [9.17, 15) is 19.8 Å². The fourth-order valence-corrected chi connectivity index (χ4v) is 2.01. The summed E-state index contributed by atoms with van der Waals surface area (Å²) in [6.07, 6.45) is 0. The number of thiocarbonyl (C=S) groups is 1. The predicted molar refractivity (Wildman–Crippen MR) is 87.3 cm³/mol. The Morgan fingerprint density at radius 2 is 1.33 bits per heavy atom. The van der Waals surface area contributed by atoms with Crippen molar-refractivity contribution in [1.82, 2.24) is 0 Å². The number of hydrazone groups is 1. The summed E-state index contributed by atoms with van der Waals surface area (Å²) in [6, 6.07) is 6.80. The van der Waals surface area contributed by atoms with Crippen LogP contribution in [0.2, 0.25) is 0 Å². The van der Waals surface area contributed by atoms with Gasteiger partial charge in [0.1, 0.15) is 22.9 Å². The van der Waals surface area contributed by atoms with Gasteiger partial charge in [-0.15, -0.1) is 5.10 Å². The number of aromatic hydroxyl groups is 2. The van der Waals surface area contributed by atoms with Crippen LogP contribution in [0.1, 0.15) is 20.7 Å². The number of carbonyl (C=O) groups is 2. The number of rotatable bonds is 5. The Hall–Kier alpha value is -3.42. The van der Waals surface area contributed by atoms with E-state index in [-0.39, 0.29) is 34.0 Å². The Labute approximate surface area is 140 Å². The molecule has 2 aromatic rings. The Morgan fingerprint density at radius 1 is 0.917 bits per heavy atom. The highest BCUT2D eigenvalue weighted by molar-refractivity contribution is 7.78. The van der Waals surface area contributed by atoms with Crippen LogP contribution in [0.5, 0.6) is 11.5 Å². The quantitative estimate of drug-likeness (QED) is 0.369. The molecule has 0 saturated heterocycles. The fourth-order valence-electron chi connectivity index (χ4n) is 1.93. The van der Waals surface area contributed by atoms with Gasteiger partial charge in [-0.25, -0.2) is 14.6 Å². The largest absolute Gasteiger partial charge is 0.506 e. The van der Waals surface area contributed by atoms with Gasteiger partial charge in [0.15, 0.2) is 0 Å². The van der Waals surface area contributed by atoms with Crippen molar-refractivity contribution in [3.63, 3.8) is 0 Å². The van der Waals surface area contributed by atoms with Crippen molar-refractivity contribution in [2.45, 2.75) is 0 Å². The molecule has 2 aromatic carbocycles. The number of benzene rings is 2. The van der Waals surface area contributed by atoms with E-state index in [4.69, 9.17) is 10.2 Å². The number of carboxylic acid groups (broad SMARTS) is 2. The van der Waals surface area contributed by atoms with Gasteiger partial charge in [0.05, 0.1) is 16.3 Å². The van der Waals surface area contributed by atoms with E-state index in [0.717, 1.165) is 29.3 Å². The summed E-state index contributed by atoms with van der Waals surface area (Å²) in [7, 11) is 0. The molecule has 0 aliphatic rings. The molecule has 0 fully saturated rings. The van der Waals surface area contributed by atoms with Crippen LogP contribution in [-0.2, 0) is 0 Å². The van der Waals surface area contributed by atoms with Crippen molar-refractivity contribution in [3.8, 4) is 11.5 Å². The molecule has 0 aliphatic carbocycles. The van der Waals surface area contributed by atoms with E-state index in [1.54, 1.807) is 0 Å². The predicted octanol–water partition coefficient (Wildman–Crippen LogP) is 2.65. The zero-order valence-corrected chi connectivity index (χ0v) is 12.7. The number of aromatic carboxylic acids is 2. The van der Waals surface area contributed by atoms with Gasteiger partial charge in [0.2, 0.25) is 0 Å². The summed E-state index contributed by atoms with van der Waals surface area (Å²) < 4.78 is 0. The highest BCUT2D eigenvalue weighted by atomic mass is 32.1. The molecule has 0 heterocycles. The number of isothiocyanates is 1. The maximum atomic E-state index is 11.1. The second-order valence-electron chi connectivity index (χ2n) is 4.52. The SMILES string of the molecule is O=C(O)c1ccc(O)c(N(N=C=S)c2cc(C(=O)O)ccc2O)c1. The van der Waals surface area contributed by atoms with Gasteiger partial charge in [0.25, 0.3) is 0 Å². The molecular weight excluding hydrogens is 336 g/mol. The van der Waals surface area contributed by atoms with E-state index in [2.05, 4.69) is 17.3 Å². The second kappa shape index (κ2) is 6.78. The average Bonchev–Trinajstić information content (AvgIpc) is 2.53. The molecular formula is C15H10N2O6S. The first-order valence-electron chi connectivity index (χ1n) is 6.35. The summed E-state index contributed by atoms with van der Waals surface area (Å²) in [5.74, 6) is -3.19. The molecule has 0 aliphatic heterocycles. The van der Waals surface area contributed by atoms with Crippen molar-refractivity contribution in [2.75, 3.05) is 5.01 Å². The number of hydrogen-bond acceptors (Lipinski definition) is 7. The van der Waals surface area contributed by atoms with Gasteiger partial charge in [-0.1, -0.05) is 0 Å². The van der Waals surface area contributed by atoms with Crippen LogP contribution in [-0.4, -0.2) is 37.5 Å². The van der Waals surface area contributed by atoms with E-state index < -0.39 is 11.9 Å². The van der Waals surface area contributed by atoms with Gasteiger partial charge < -0.3 is 20.4 Å². The van der Waals surface area contributed by atoms with Gasteiger partial charge >= 0.3 is 11.9 Å². The van der Waals surface area contributed by atoms with Crippen LogP contribution in [0.4, 0.5) is 11.4 Å². The molecule has 0 saturated carbocycles. The van der Waals surface area contributed by atoms with Gasteiger partial charge in [-0.05, 0) is 48.6 Å². The number of phenols is 2. The van der Waals surface area contributed by atoms with Crippen molar-refractivity contribution in [3.05, 3.63) is 47.5 Å². The lowest BCUT2D eigenvalue weighted by molar-refractivity contribution is 0.0686. The third-order valence-electron chi connectivity index (χ3n) is 3.04. The molecule has 0 bridgehead atoms. The molecule has 0 unspecified atom stereocenters. The van der Waals surface area contributed by atoms with Crippen molar-refractivity contribution in [1.29, 1.82) is 0 Å². The normalized spacial score (nSPS) is 9.83. The van der Waals surface area contributed by atoms with E-state index in [1.807, 2.05) is 5.16 Å². The third-order valence-corrected chi connectivity index (χ3v) is 3.12. The maximum absolute atomic E-state index is 11.1. The number of anilines is 2. The highest BCUT2D eigenvalue weighted by Gasteiger charge is 2.20. The molecule has 24 heavy (non-hydrogen) atoms. The van der Waals surface area contributed by atoms with Crippen molar-refractivity contribution >= 4 is 40.7 Å². The van der Waals surface area contributed by atoms with Gasteiger partial charge in [-0.2, -0.15) is 0 Å². The first-order chi connectivity index (χ1) is 11.3. The molecule has 0 radical (unpaired) electrons. The number of carboxylic acids is 2. The van der Waals surface area contributed by atoms with Crippen LogP contribution in [0.25, 0.3) is 0 Å². The number of nitrogens with zero attached hydrogens (tertiary/aromatic N) is 2. The zero-order valence-electron chi connectivity index (χ0n) is 11.9.